The van der Waals surface area contributed by atoms with Crippen LogP contribution in [-0.2, 0) is 9.53 Å². The number of nitrogens with one attached hydrogen (secondary N) is 1. The molecule has 0 aliphatic carbocycles. The van der Waals surface area contributed by atoms with Crippen LogP contribution in [0.5, 0.6) is 0 Å². The molecule has 0 saturated heterocycles. The minimum absolute atomic E-state index is 0.331. The van der Waals surface area contributed by atoms with Gasteiger partial charge in [0.15, 0.2) is 6.61 Å². The van der Waals surface area contributed by atoms with Crippen LogP contribution >= 0.6 is 11.8 Å². The summed E-state index contributed by atoms with van der Waals surface area (Å²) in [5, 5.41) is 2.75. The van der Waals surface area contributed by atoms with Gasteiger partial charge in [0, 0.05) is 4.90 Å². The number of carbonyl (C=O) groups excluding carboxylic acids is 2. The predicted octanol–water partition coefficient (Wildman–Crippen LogP) is 3.76. The zero-order valence-corrected chi connectivity index (χ0v) is 16.1. The normalized spacial score (nSPS) is 10.6. The summed E-state index contributed by atoms with van der Waals surface area (Å²) in [6, 6.07) is 12.4. The predicted molar refractivity (Wildman–Crippen MR) is 106 cm³/mol. The van der Waals surface area contributed by atoms with E-state index in [9.17, 15) is 9.59 Å². The lowest BCUT2D eigenvalue weighted by molar-refractivity contribution is -0.119. The van der Waals surface area contributed by atoms with Crippen LogP contribution in [-0.4, -0.2) is 34.7 Å². The topological polar surface area (TPSA) is 81.2 Å². The molecule has 27 heavy (non-hydrogen) atoms. The first-order chi connectivity index (χ1) is 13.0. The van der Waals surface area contributed by atoms with Crippen LogP contribution in [0.2, 0.25) is 0 Å². The standard InChI is InChI=1S/C20H19N3O3S/c1-12-13(2)22-17-10-14(8-9-15(17)21-12)20(25)26-11-19(24)23-16-6-4-5-7-18(16)27-3/h4-10H,11H2,1-3H3,(H,23,24). The number of benzene rings is 2. The van der Waals surface area contributed by atoms with Crippen molar-refractivity contribution in [2.45, 2.75) is 18.7 Å². The van der Waals surface area contributed by atoms with E-state index in [1.165, 1.54) is 11.8 Å². The Hall–Kier alpha value is -2.93. The summed E-state index contributed by atoms with van der Waals surface area (Å²) in [6.07, 6.45) is 1.93. The number of rotatable bonds is 5. The third-order valence-corrected chi connectivity index (χ3v) is 4.82. The van der Waals surface area contributed by atoms with Crippen molar-refractivity contribution in [3.8, 4) is 0 Å². The lowest BCUT2D eigenvalue weighted by atomic mass is 10.2. The zero-order valence-electron chi connectivity index (χ0n) is 15.3. The first-order valence-electron chi connectivity index (χ1n) is 8.33. The van der Waals surface area contributed by atoms with Crippen LogP contribution < -0.4 is 5.32 Å². The van der Waals surface area contributed by atoms with E-state index in [0.717, 1.165) is 16.3 Å². The molecule has 0 unspecified atom stereocenters. The highest BCUT2D eigenvalue weighted by atomic mass is 32.2. The van der Waals surface area contributed by atoms with Gasteiger partial charge in [0.2, 0.25) is 0 Å². The highest BCUT2D eigenvalue weighted by Gasteiger charge is 2.13. The molecule has 2 aromatic carbocycles. The Morgan fingerprint density at radius 3 is 2.48 bits per heavy atom. The molecule has 0 aliphatic rings. The van der Waals surface area contributed by atoms with Gasteiger partial charge in [-0.1, -0.05) is 12.1 Å². The molecule has 0 spiro atoms. The number of esters is 1. The van der Waals surface area contributed by atoms with E-state index in [-0.39, 0.29) is 6.61 Å². The number of nitrogens with zero attached hydrogens (tertiary/aromatic N) is 2. The molecule has 0 radical (unpaired) electrons. The maximum atomic E-state index is 12.3. The Balaban J connectivity index is 1.66. The molecular weight excluding hydrogens is 362 g/mol. The Morgan fingerprint density at radius 2 is 1.74 bits per heavy atom. The molecule has 7 heteroatoms. The van der Waals surface area contributed by atoms with E-state index in [0.29, 0.717) is 22.3 Å². The summed E-state index contributed by atoms with van der Waals surface area (Å²) in [4.78, 5) is 34.2. The average molecular weight is 381 g/mol. The summed E-state index contributed by atoms with van der Waals surface area (Å²) in [6.45, 7) is 3.39. The maximum Gasteiger partial charge on any atom is 0.338 e. The van der Waals surface area contributed by atoms with E-state index >= 15 is 0 Å². The molecule has 0 fully saturated rings. The molecule has 0 aliphatic heterocycles. The Labute approximate surface area is 161 Å². The number of fused-ring (bicyclic) bond motifs is 1. The first-order valence-corrected chi connectivity index (χ1v) is 9.55. The van der Waals surface area contributed by atoms with Crippen molar-refractivity contribution in [3.05, 3.63) is 59.4 Å². The highest BCUT2D eigenvalue weighted by Crippen LogP contribution is 2.24. The van der Waals surface area contributed by atoms with Gasteiger partial charge in [0.05, 0.1) is 33.7 Å². The number of amides is 1. The van der Waals surface area contributed by atoms with Crippen LogP contribution in [0.25, 0.3) is 11.0 Å². The minimum Gasteiger partial charge on any atom is -0.452 e. The fraction of sp³-hybridized carbons (Fsp3) is 0.200. The van der Waals surface area contributed by atoms with Crippen LogP contribution in [0.3, 0.4) is 0 Å². The number of para-hydroxylation sites is 1. The lowest BCUT2D eigenvalue weighted by Crippen LogP contribution is -2.21. The van der Waals surface area contributed by atoms with Gasteiger partial charge in [-0.2, -0.15) is 0 Å². The second kappa shape index (κ2) is 8.18. The van der Waals surface area contributed by atoms with Crippen molar-refractivity contribution in [1.82, 2.24) is 9.97 Å². The molecule has 0 atom stereocenters. The maximum absolute atomic E-state index is 12.3. The molecular formula is C20H19N3O3S. The molecule has 1 amide bonds. The van der Waals surface area contributed by atoms with Crippen molar-refractivity contribution in [3.63, 3.8) is 0 Å². The van der Waals surface area contributed by atoms with Crippen LogP contribution in [0, 0.1) is 13.8 Å². The summed E-state index contributed by atoms with van der Waals surface area (Å²) in [5.41, 5.74) is 4.00. The van der Waals surface area contributed by atoms with Crippen molar-refractivity contribution >= 4 is 40.4 Å². The lowest BCUT2D eigenvalue weighted by Gasteiger charge is -2.10. The van der Waals surface area contributed by atoms with E-state index in [1.807, 2.05) is 38.3 Å². The zero-order chi connectivity index (χ0) is 19.4. The fourth-order valence-corrected chi connectivity index (χ4v) is 3.06. The van der Waals surface area contributed by atoms with E-state index < -0.39 is 11.9 Å². The number of aryl methyl sites for hydroxylation is 2. The third kappa shape index (κ3) is 4.43. The van der Waals surface area contributed by atoms with Gasteiger partial charge < -0.3 is 10.1 Å². The van der Waals surface area contributed by atoms with Gasteiger partial charge in [-0.05, 0) is 50.4 Å². The van der Waals surface area contributed by atoms with E-state index in [4.69, 9.17) is 4.74 Å². The van der Waals surface area contributed by atoms with E-state index in [1.54, 1.807) is 24.3 Å². The van der Waals surface area contributed by atoms with Gasteiger partial charge in [-0.25, -0.2) is 14.8 Å². The number of ether oxygens (including phenoxy) is 1. The molecule has 3 rings (SSSR count). The van der Waals surface area contributed by atoms with Crippen LogP contribution in [0.15, 0.2) is 47.4 Å². The molecule has 138 valence electrons. The van der Waals surface area contributed by atoms with Crippen molar-refractivity contribution < 1.29 is 14.3 Å². The fourth-order valence-electron chi connectivity index (χ4n) is 2.51. The molecule has 1 aromatic heterocycles. The Morgan fingerprint density at radius 1 is 1.04 bits per heavy atom. The Kier molecular flexibility index (Phi) is 5.71. The molecule has 0 bridgehead atoms. The number of carbonyl (C=O) groups is 2. The van der Waals surface area contributed by atoms with Crippen molar-refractivity contribution in [2.75, 3.05) is 18.2 Å². The third-order valence-electron chi connectivity index (χ3n) is 4.03. The molecule has 1 heterocycles. The molecule has 1 N–H and O–H groups in total. The first kappa shape index (κ1) is 18.8. The number of thioether (sulfide) groups is 1. The van der Waals surface area contributed by atoms with Gasteiger partial charge >= 0.3 is 5.97 Å². The number of hydrogen-bond acceptors (Lipinski definition) is 6. The van der Waals surface area contributed by atoms with Gasteiger partial charge in [0.1, 0.15) is 0 Å². The quantitative estimate of drug-likeness (QED) is 0.535. The summed E-state index contributed by atoms with van der Waals surface area (Å²) in [7, 11) is 0. The Bertz CT molecular complexity index is 1020. The molecule has 6 nitrogen and oxygen atoms in total. The van der Waals surface area contributed by atoms with Crippen molar-refractivity contribution in [1.29, 1.82) is 0 Å². The smallest absolute Gasteiger partial charge is 0.338 e. The SMILES string of the molecule is CSc1ccccc1NC(=O)COC(=O)c1ccc2nc(C)c(C)nc2c1. The summed E-state index contributed by atoms with van der Waals surface area (Å²) >= 11 is 1.53. The van der Waals surface area contributed by atoms with Gasteiger partial charge in [0.25, 0.3) is 5.91 Å². The summed E-state index contributed by atoms with van der Waals surface area (Å²) in [5.74, 6) is -0.970. The van der Waals surface area contributed by atoms with Gasteiger partial charge in [-0.3, -0.25) is 4.79 Å². The largest absolute Gasteiger partial charge is 0.452 e. The molecule has 0 saturated carbocycles. The van der Waals surface area contributed by atoms with Gasteiger partial charge in [-0.15, -0.1) is 11.8 Å². The monoisotopic (exact) mass is 381 g/mol. The van der Waals surface area contributed by atoms with Crippen LogP contribution in [0.1, 0.15) is 21.7 Å². The van der Waals surface area contributed by atoms with Crippen molar-refractivity contribution in [2.24, 2.45) is 0 Å². The second-order valence-corrected chi connectivity index (χ2v) is 6.77. The average Bonchev–Trinajstić information content (AvgIpc) is 2.67. The highest BCUT2D eigenvalue weighted by molar-refractivity contribution is 7.98. The number of aromatic nitrogens is 2. The van der Waals surface area contributed by atoms with E-state index in [2.05, 4.69) is 15.3 Å². The number of hydrogen-bond donors (Lipinski definition) is 1. The number of anilines is 1. The minimum atomic E-state index is -0.578. The molecule has 3 aromatic rings. The summed E-state index contributed by atoms with van der Waals surface area (Å²) < 4.78 is 5.13. The van der Waals surface area contributed by atoms with Crippen LogP contribution in [0.4, 0.5) is 5.69 Å². The second-order valence-electron chi connectivity index (χ2n) is 5.92.